The summed E-state index contributed by atoms with van der Waals surface area (Å²) < 4.78 is 28.2. The first kappa shape index (κ1) is 22.9. The van der Waals surface area contributed by atoms with E-state index in [9.17, 15) is 23.3 Å². The van der Waals surface area contributed by atoms with Crippen LogP contribution in [0.2, 0.25) is 0 Å². The number of carbonyl (C=O) groups is 1. The molecule has 1 aliphatic heterocycles. The second kappa shape index (κ2) is 9.07. The highest BCUT2D eigenvalue weighted by atomic mass is 32.2. The van der Waals surface area contributed by atoms with Crippen molar-refractivity contribution in [2.45, 2.75) is 4.90 Å². The van der Waals surface area contributed by atoms with Crippen LogP contribution in [0, 0.1) is 10.1 Å². The Morgan fingerprint density at radius 3 is 2.47 bits per heavy atom. The van der Waals surface area contributed by atoms with Crippen LogP contribution in [-0.2, 0) is 14.8 Å². The van der Waals surface area contributed by atoms with Crippen LogP contribution >= 0.6 is 0 Å². The molecule has 1 aliphatic rings. The highest BCUT2D eigenvalue weighted by Gasteiger charge is 2.39. The number of fused-ring (bicyclic) bond motifs is 3. The van der Waals surface area contributed by atoms with Crippen LogP contribution in [0.1, 0.15) is 5.56 Å². The van der Waals surface area contributed by atoms with E-state index in [0.29, 0.717) is 28.1 Å². The number of nitro benzene ring substituents is 1. The quantitative estimate of drug-likeness (QED) is 0.235. The van der Waals surface area contributed by atoms with Gasteiger partial charge in [0.15, 0.2) is 0 Å². The van der Waals surface area contributed by atoms with Crippen LogP contribution in [0.25, 0.3) is 22.5 Å². The lowest BCUT2D eigenvalue weighted by Gasteiger charge is -2.29. The number of amides is 1. The highest BCUT2D eigenvalue weighted by molar-refractivity contribution is 7.93. The molecule has 12 heteroatoms. The molecule has 36 heavy (non-hydrogen) atoms. The van der Waals surface area contributed by atoms with E-state index in [1.165, 1.54) is 36.5 Å². The summed E-state index contributed by atoms with van der Waals surface area (Å²) in [4.78, 5) is 23.1. The molecule has 0 saturated carbocycles. The van der Waals surface area contributed by atoms with Crippen LogP contribution in [0.15, 0.2) is 88.9 Å². The van der Waals surface area contributed by atoms with Gasteiger partial charge in [-0.2, -0.15) is 10.2 Å². The molecule has 2 N–H and O–H groups in total. The number of benzene rings is 3. The molecule has 0 fully saturated rings. The van der Waals surface area contributed by atoms with Gasteiger partial charge in [0.2, 0.25) is 0 Å². The molecule has 0 unspecified atom stereocenters. The Morgan fingerprint density at radius 1 is 1.06 bits per heavy atom. The zero-order valence-electron chi connectivity index (χ0n) is 18.5. The van der Waals surface area contributed by atoms with Gasteiger partial charge < -0.3 is 0 Å². The Kier molecular flexibility index (Phi) is 5.78. The van der Waals surface area contributed by atoms with Crippen LogP contribution in [0.5, 0.6) is 0 Å². The zero-order valence-corrected chi connectivity index (χ0v) is 19.3. The average Bonchev–Trinajstić information content (AvgIpc) is 3.32. The molecule has 5 rings (SSSR count). The summed E-state index contributed by atoms with van der Waals surface area (Å²) >= 11 is 0. The molecule has 0 atom stereocenters. The molecule has 180 valence electrons. The first-order chi connectivity index (χ1) is 17.4. The van der Waals surface area contributed by atoms with Gasteiger partial charge in [-0.1, -0.05) is 48.5 Å². The minimum absolute atomic E-state index is 0.0583. The lowest BCUT2D eigenvalue weighted by molar-refractivity contribution is -0.384. The molecular formula is C24H18N6O5S. The summed E-state index contributed by atoms with van der Waals surface area (Å²) in [6.07, 6.45) is 1.31. The van der Waals surface area contributed by atoms with Gasteiger partial charge >= 0.3 is 0 Å². The van der Waals surface area contributed by atoms with E-state index >= 15 is 0 Å². The van der Waals surface area contributed by atoms with Crippen molar-refractivity contribution in [2.24, 2.45) is 5.10 Å². The van der Waals surface area contributed by atoms with Gasteiger partial charge in [0, 0.05) is 23.3 Å². The fourth-order valence-corrected chi connectivity index (χ4v) is 5.53. The van der Waals surface area contributed by atoms with Crippen LogP contribution in [0.3, 0.4) is 0 Å². The third-order valence-electron chi connectivity index (χ3n) is 5.56. The number of rotatable bonds is 6. The number of anilines is 1. The van der Waals surface area contributed by atoms with Crippen molar-refractivity contribution in [1.29, 1.82) is 0 Å². The molecule has 0 radical (unpaired) electrons. The Labute approximate surface area is 205 Å². The van der Waals surface area contributed by atoms with Crippen molar-refractivity contribution in [3.05, 3.63) is 94.5 Å². The van der Waals surface area contributed by atoms with Gasteiger partial charge in [-0.15, -0.1) is 0 Å². The van der Waals surface area contributed by atoms with E-state index < -0.39 is 27.4 Å². The van der Waals surface area contributed by atoms with Crippen LogP contribution in [-0.4, -0.2) is 42.2 Å². The SMILES string of the molecule is O=C(CN1c2c(-c3ccccc3)n[nH]c2-c2ccccc2S1(=O)=O)N/N=C/c1ccc([N+](=O)[O-])cc1. The van der Waals surface area contributed by atoms with Gasteiger partial charge in [0.05, 0.1) is 21.7 Å². The molecule has 1 amide bonds. The average molecular weight is 503 g/mol. The summed E-state index contributed by atoms with van der Waals surface area (Å²) in [7, 11) is -4.09. The predicted molar refractivity (Wildman–Crippen MR) is 133 cm³/mol. The number of hydrogen-bond acceptors (Lipinski definition) is 7. The third-order valence-corrected chi connectivity index (χ3v) is 7.36. The summed E-state index contributed by atoms with van der Waals surface area (Å²) in [6, 6.07) is 21.1. The standard InChI is InChI=1S/C24H18N6O5S/c31-21(26-25-14-16-10-12-18(13-11-16)30(32)33)15-29-24-22(17-6-2-1-3-7-17)27-28-23(24)19-8-4-5-9-20(19)36(29,34)35/h1-14H,15H2,(H,26,31)(H,27,28)/b25-14+. The molecule has 0 aliphatic carbocycles. The van der Waals surface area contributed by atoms with Crippen molar-refractivity contribution < 1.29 is 18.1 Å². The van der Waals surface area contributed by atoms with E-state index in [0.717, 1.165) is 4.31 Å². The number of carbonyl (C=O) groups excluding carboxylic acids is 1. The second-order valence-corrected chi connectivity index (χ2v) is 9.64. The minimum atomic E-state index is -4.09. The number of nitrogens with one attached hydrogen (secondary N) is 2. The van der Waals surface area contributed by atoms with Gasteiger partial charge in [-0.05, 0) is 23.8 Å². The topological polar surface area (TPSA) is 151 Å². The zero-order chi connectivity index (χ0) is 25.3. The molecule has 2 heterocycles. The number of nitro groups is 1. The summed E-state index contributed by atoms with van der Waals surface area (Å²) in [5.74, 6) is -0.678. The van der Waals surface area contributed by atoms with Gasteiger partial charge in [-0.3, -0.25) is 24.3 Å². The maximum atomic E-state index is 13.6. The fraction of sp³-hybridized carbons (Fsp3) is 0.0417. The van der Waals surface area contributed by atoms with Crippen LogP contribution < -0.4 is 9.73 Å². The van der Waals surface area contributed by atoms with E-state index in [1.807, 2.05) is 18.2 Å². The summed E-state index contributed by atoms with van der Waals surface area (Å²) in [5.41, 5.74) is 5.07. The van der Waals surface area contributed by atoms with Gasteiger partial charge in [0.25, 0.3) is 21.6 Å². The molecule has 11 nitrogen and oxygen atoms in total. The number of aromatic amines is 1. The summed E-state index contributed by atoms with van der Waals surface area (Å²) in [5, 5.41) is 21.9. The largest absolute Gasteiger partial charge is 0.275 e. The number of hydrogen-bond donors (Lipinski definition) is 2. The van der Waals surface area contributed by atoms with Crippen molar-refractivity contribution in [3.63, 3.8) is 0 Å². The molecule has 4 aromatic rings. The molecule has 0 bridgehead atoms. The number of sulfonamides is 1. The minimum Gasteiger partial charge on any atom is -0.275 e. The van der Waals surface area contributed by atoms with E-state index in [2.05, 4.69) is 20.7 Å². The second-order valence-electron chi connectivity index (χ2n) is 7.81. The van der Waals surface area contributed by atoms with Crippen molar-refractivity contribution in [1.82, 2.24) is 15.6 Å². The monoisotopic (exact) mass is 502 g/mol. The first-order valence-corrected chi connectivity index (χ1v) is 12.1. The normalized spacial score (nSPS) is 13.7. The molecule has 1 aromatic heterocycles. The number of nitrogens with zero attached hydrogens (tertiary/aromatic N) is 4. The van der Waals surface area contributed by atoms with E-state index in [-0.39, 0.29) is 16.3 Å². The Morgan fingerprint density at radius 2 is 1.75 bits per heavy atom. The highest BCUT2D eigenvalue weighted by Crippen LogP contribution is 2.46. The summed E-state index contributed by atoms with van der Waals surface area (Å²) in [6.45, 7) is -0.541. The van der Waals surface area contributed by atoms with Crippen molar-refractivity contribution >= 4 is 33.5 Å². The van der Waals surface area contributed by atoms with E-state index in [4.69, 9.17) is 0 Å². The lowest BCUT2D eigenvalue weighted by atomic mass is 10.1. The van der Waals surface area contributed by atoms with Gasteiger partial charge in [0.1, 0.15) is 17.9 Å². The number of hydrazone groups is 1. The Hall–Kier alpha value is -4.84. The lowest BCUT2D eigenvalue weighted by Crippen LogP contribution is -2.41. The number of H-pyrrole nitrogens is 1. The molecule has 3 aromatic carbocycles. The number of aromatic nitrogens is 2. The molecule has 0 saturated heterocycles. The molecular weight excluding hydrogens is 484 g/mol. The fourth-order valence-electron chi connectivity index (χ4n) is 3.89. The predicted octanol–water partition coefficient (Wildman–Crippen LogP) is 3.31. The maximum Gasteiger partial charge on any atom is 0.269 e. The van der Waals surface area contributed by atoms with Crippen molar-refractivity contribution in [3.8, 4) is 22.5 Å². The maximum absolute atomic E-state index is 13.6. The van der Waals surface area contributed by atoms with Gasteiger partial charge in [-0.25, -0.2) is 13.8 Å². The first-order valence-electron chi connectivity index (χ1n) is 10.7. The number of non-ortho nitro benzene ring substituents is 1. The molecule has 0 spiro atoms. The van der Waals surface area contributed by atoms with Crippen molar-refractivity contribution in [2.75, 3.05) is 10.8 Å². The van der Waals surface area contributed by atoms with E-state index in [1.54, 1.807) is 30.3 Å². The smallest absolute Gasteiger partial charge is 0.269 e. The Balaban J connectivity index is 1.45. The Bertz CT molecular complexity index is 1580. The third kappa shape index (κ3) is 4.09. The van der Waals surface area contributed by atoms with Crippen LogP contribution in [0.4, 0.5) is 11.4 Å².